The Balaban J connectivity index is 1.56. The Morgan fingerprint density at radius 1 is 1.00 bits per heavy atom. The number of rotatable bonds is 9. The number of nitrogens with one attached hydrogen (secondary N) is 1. The predicted molar refractivity (Wildman–Crippen MR) is 118 cm³/mol. The second kappa shape index (κ2) is 12.2. The smallest absolute Gasteiger partial charge is 0.415 e. The lowest BCUT2D eigenvalue weighted by Gasteiger charge is -2.31. The molecule has 37 heavy (non-hydrogen) atoms. The fraction of sp³-hybridized carbons (Fsp3) is 0.333. The quantitative estimate of drug-likeness (QED) is 0.381. The van der Waals surface area contributed by atoms with Crippen LogP contribution in [0.5, 0.6) is 11.5 Å². The Morgan fingerprint density at radius 3 is 2.16 bits per heavy atom. The van der Waals surface area contributed by atoms with Crippen LogP contribution in [-0.2, 0) is 14.4 Å². The lowest BCUT2D eigenvalue weighted by Crippen LogP contribution is -2.49. The molecule has 0 spiro atoms. The first-order valence-corrected chi connectivity index (χ1v) is 11.1. The van der Waals surface area contributed by atoms with Crippen molar-refractivity contribution in [1.82, 2.24) is 10.2 Å². The molecule has 3 rings (SSSR count). The van der Waals surface area contributed by atoms with E-state index in [9.17, 15) is 36.7 Å². The maximum atomic E-state index is 13.7. The Morgan fingerprint density at radius 2 is 1.59 bits per heavy atom. The first kappa shape index (κ1) is 27.4. The monoisotopic (exact) mass is 526 g/mol. The molecule has 0 saturated carbocycles. The van der Waals surface area contributed by atoms with Gasteiger partial charge in [0.15, 0.2) is 23.2 Å². The number of ketones is 1. The summed E-state index contributed by atoms with van der Waals surface area (Å²) in [6.07, 6.45) is -1.09. The average Bonchev–Trinajstić information content (AvgIpc) is 2.87. The van der Waals surface area contributed by atoms with Crippen molar-refractivity contribution < 1.29 is 51.3 Å². The van der Waals surface area contributed by atoms with E-state index in [4.69, 9.17) is 9.84 Å². The molecule has 1 fully saturated rings. The summed E-state index contributed by atoms with van der Waals surface area (Å²) in [6.45, 7) is -0.846. The number of hydrogen-bond donors (Lipinski definition) is 2. The van der Waals surface area contributed by atoms with E-state index in [0.717, 1.165) is 0 Å². The van der Waals surface area contributed by atoms with Crippen LogP contribution in [0.25, 0.3) is 0 Å². The third kappa shape index (κ3) is 7.18. The summed E-state index contributed by atoms with van der Waals surface area (Å²) in [6, 6.07) is 6.68. The molecule has 0 radical (unpaired) electrons. The Hall–Kier alpha value is -4.16. The molecule has 0 aromatic heterocycles. The van der Waals surface area contributed by atoms with E-state index in [1.165, 1.54) is 4.90 Å². The van der Waals surface area contributed by atoms with Crippen molar-refractivity contribution in [2.24, 2.45) is 5.92 Å². The van der Waals surface area contributed by atoms with Crippen molar-refractivity contribution in [2.45, 2.75) is 25.3 Å². The van der Waals surface area contributed by atoms with Crippen molar-refractivity contribution in [1.29, 1.82) is 0 Å². The van der Waals surface area contributed by atoms with Crippen LogP contribution in [0.4, 0.5) is 22.4 Å². The summed E-state index contributed by atoms with van der Waals surface area (Å²) in [5, 5.41) is 11.4. The summed E-state index contributed by atoms with van der Waals surface area (Å²) in [5.74, 6) is -12.3. The molecule has 198 valence electrons. The van der Waals surface area contributed by atoms with Crippen LogP contribution in [0.15, 0.2) is 36.4 Å². The lowest BCUT2D eigenvalue weighted by atomic mass is 9.95. The number of nitrogens with zero attached hydrogens (tertiary/aromatic N) is 1. The van der Waals surface area contributed by atoms with Gasteiger partial charge in [-0.1, -0.05) is 18.2 Å². The van der Waals surface area contributed by atoms with E-state index in [1.54, 1.807) is 30.3 Å². The first-order valence-electron chi connectivity index (χ1n) is 11.1. The molecule has 2 amide bonds. The number of carboxylic acid groups (broad SMARTS) is 1. The highest BCUT2D eigenvalue weighted by molar-refractivity contribution is 5.93. The van der Waals surface area contributed by atoms with Gasteiger partial charge in [-0.05, 0) is 25.0 Å². The third-order valence-electron chi connectivity index (χ3n) is 5.59. The van der Waals surface area contributed by atoms with Crippen LogP contribution in [0, 0.1) is 29.2 Å². The zero-order valence-corrected chi connectivity index (χ0v) is 19.2. The molecule has 2 aromatic carbocycles. The number of piperidine rings is 1. The summed E-state index contributed by atoms with van der Waals surface area (Å²) < 4.78 is 64.0. The van der Waals surface area contributed by atoms with Crippen LogP contribution in [0.3, 0.4) is 0 Å². The van der Waals surface area contributed by atoms with Gasteiger partial charge in [0.2, 0.25) is 17.5 Å². The highest BCUT2D eigenvalue weighted by Crippen LogP contribution is 2.26. The number of ether oxygens (including phenoxy) is 2. The molecule has 1 saturated heterocycles. The van der Waals surface area contributed by atoms with Crippen LogP contribution in [-0.4, -0.2) is 59.5 Å². The lowest BCUT2D eigenvalue weighted by molar-refractivity contribution is -0.141. The van der Waals surface area contributed by atoms with Crippen molar-refractivity contribution >= 4 is 23.8 Å². The molecule has 13 heteroatoms. The standard InChI is InChI=1S/C24H22F4N2O7/c25-15-10-16(26)21(28)22(20(15)27)36-12-18(31)17(11-19(32)33)29-23(34)13-6-8-30(9-7-13)24(35)37-14-4-2-1-3-5-14/h1-5,10,13,17H,6-9,11-12H2,(H,29,34)(H,32,33)/t17-/m0/s1. The first-order chi connectivity index (χ1) is 17.6. The molecule has 9 nitrogen and oxygen atoms in total. The number of amides is 2. The number of likely N-dealkylation sites (tertiary alicyclic amines) is 1. The number of carbonyl (C=O) groups excluding carboxylic acids is 3. The van der Waals surface area contributed by atoms with Gasteiger partial charge < -0.3 is 24.8 Å². The van der Waals surface area contributed by atoms with Gasteiger partial charge in [-0.2, -0.15) is 8.78 Å². The minimum atomic E-state index is -1.87. The van der Waals surface area contributed by atoms with E-state index in [-0.39, 0.29) is 32.0 Å². The second-order valence-electron chi connectivity index (χ2n) is 8.15. The topological polar surface area (TPSA) is 122 Å². The molecular formula is C24H22F4N2O7. The summed E-state index contributed by atoms with van der Waals surface area (Å²) in [7, 11) is 0. The number of benzene rings is 2. The van der Waals surface area contributed by atoms with Gasteiger partial charge in [0.05, 0.1) is 6.42 Å². The molecule has 1 aliphatic rings. The van der Waals surface area contributed by atoms with Crippen molar-refractivity contribution in [3.05, 3.63) is 59.7 Å². The third-order valence-corrected chi connectivity index (χ3v) is 5.59. The molecule has 0 unspecified atom stereocenters. The maximum absolute atomic E-state index is 13.7. The van der Waals surface area contributed by atoms with Crippen molar-refractivity contribution in [2.75, 3.05) is 19.7 Å². The maximum Gasteiger partial charge on any atom is 0.415 e. The SMILES string of the molecule is O=C(O)C[C@H](NC(=O)C1CCN(C(=O)Oc2ccccc2)CC1)C(=O)COc1c(F)c(F)cc(F)c1F. The predicted octanol–water partition coefficient (Wildman–Crippen LogP) is 3.06. The number of Topliss-reactive ketones (excluding diaryl/α,β-unsaturated/α-hetero) is 1. The Kier molecular flexibility index (Phi) is 9.04. The molecule has 2 N–H and O–H groups in total. The summed E-state index contributed by atoms with van der Waals surface area (Å²) >= 11 is 0. The van der Waals surface area contributed by atoms with Gasteiger partial charge in [-0.25, -0.2) is 13.6 Å². The van der Waals surface area contributed by atoms with E-state index in [0.29, 0.717) is 5.75 Å². The number of hydrogen-bond acceptors (Lipinski definition) is 6. The number of aliphatic carboxylic acids is 1. The molecular weight excluding hydrogens is 504 g/mol. The van der Waals surface area contributed by atoms with Gasteiger partial charge in [0.1, 0.15) is 18.4 Å². The number of carbonyl (C=O) groups is 4. The number of halogens is 4. The van der Waals surface area contributed by atoms with Gasteiger partial charge in [-0.3, -0.25) is 14.4 Å². The summed E-state index contributed by atoms with van der Waals surface area (Å²) in [5.41, 5.74) is 0. The van der Waals surface area contributed by atoms with Crippen LogP contribution in [0.1, 0.15) is 19.3 Å². The van der Waals surface area contributed by atoms with Crippen LogP contribution >= 0.6 is 0 Å². The van der Waals surface area contributed by atoms with E-state index < -0.39 is 77.8 Å². The van der Waals surface area contributed by atoms with E-state index >= 15 is 0 Å². The van der Waals surface area contributed by atoms with Gasteiger partial charge in [-0.15, -0.1) is 0 Å². The highest BCUT2D eigenvalue weighted by Gasteiger charge is 2.32. The molecule has 1 aliphatic heterocycles. The average molecular weight is 526 g/mol. The van der Waals surface area contributed by atoms with E-state index in [1.807, 2.05) is 0 Å². The zero-order valence-electron chi connectivity index (χ0n) is 19.2. The van der Waals surface area contributed by atoms with E-state index in [2.05, 4.69) is 10.1 Å². The van der Waals surface area contributed by atoms with Gasteiger partial charge >= 0.3 is 12.1 Å². The van der Waals surface area contributed by atoms with Gasteiger partial charge in [0, 0.05) is 25.1 Å². The minimum absolute atomic E-state index is 0.0422. The fourth-order valence-corrected chi connectivity index (χ4v) is 3.61. The highest BCUT2D eigenvalue weighted by atomic mass is 19.2. The Labute approximate surface area is 208 Å². The molecule has 0 aliphatic carbocycles. The number of para-hydroxylation sites is 1. The summed E-state index contributed by atoms with van der Waals surface area (Å²) in [4.78, 5) is 50.0. The van der Waals surface area contributed by atoms with Crippen LogP contribution in [0.2, 0.25) is 0 Å². The number of carboxylic acids is 1. The minimum Gasteiger partial charge on any atom is -0.481 e. The molecule has 1 atom stereocenters. The molecule has 2 aromatic rings. The van der Waals surface area contributed by atoms with Crippen molar-refractivity contribution in [3.8, 4) is 11.5 Å². The largest absolute Gasteiger partial charge is 0.481 e. The zero-order chi connectivity index (χ0) is 27.1. The fourth-order valence-electron chi connectivity index (χ4n) is 3.61. The second-order valence-corrected chi connectivity index (χ2v) is 8.15. The normalized spacial score (nSPS) is 14.5. The van der Waals surface area contributed by atoms with Gasteiger partial charge in [0.25, 0.3) is 0 Å². The van der Waals surface area contributed by atoms with Crippen molar-refractivity contribution in [3.63, 3.8) is 0 Å². The molecule has 1 heterocycles. The Bertz CT molecular complexity index is 1150. The molecule has 0 bridgehead atoms. The van der Waals surface area contributed by atoms with Crippen LogP contribution < -0.4 is 14.8 Å².